The van der Waals surface area contributed by atoms with Crippen molar-refractivity contribution in [2.75, 3.05) is 53.0 Å². The van der Waals surface area contributed by atoms with Crippen LogP contribution in [0.2, 0.25) is 0 Å². The fourth-order valence-corrected chi connectivity index (χ4v) is 2.86. The lowest BCUT2D eigenvalue weighted by atomic mass is 10.2. The quantitative estimate of drug-likeness (QED) is 0.799. The minimum Gasteiger partial charge on any atom is -0.379 e. The Morgan fingerprint density at radius 1 is 1.32 bits per heavy atom. The molecule has 0 aliphatic carbocycles. The average molecular weight is 308 g/mol. The normalized spacial score (nSPS) is 24.6. The Morgan fingerprint density at radius 3 is 2.82 bits per heavy atom. The van der Waals surface area contributed by atoms with E-state index in [2.05, 4.69) is 28.9 Å². The second-order valence-corrected chi connectivity index (χ2v) is 6.15. The highest BCUT2D eigenvalue weighted by Crippen LogP contribution is 2.14. The lowest BCUT2D eigenvalue weighted by molar-refractivity contribution is 0.0305. The molecule has 0 aromatic carbocycles. The van der Waals surface area contributed by atoms with Crippen molar-refractivity contribution in [1.82, 2.24) is 19.9 Å². The van der Waals surface area contributed by atoms with E-state index in [4.69, 9.17) is 9.26 Å². The Bertz CT molecular complexity index is 513. The zero-order valence-corrected chi connectivity index (χ0v) is 13.3. The molecule has 2 saturated heterocycles. The van der Waals surface area contributed by atoms with Gasteiger partial charge >= 0.3 is 0 Å². The number of carbonyl (C=O) groups is 1. The van der Waals surface area contributed by atoms with Crippen molar-refractivity contribution < 1.29 is 14.1 Å². The lowest BCUT2D eigenvalue weighted by Gasteiger charge is -2.37. The number of hydrogen-bond donors (Lipinski definition) is 0. The number of piperazine rings is 1. The Labute approximate surface area is 130 Å². The first kappa shape index (κ1) is 15.5. The molecule has 1 aromatic heterocycles. The third-order valence-electron chi connectivity index (χ3n) is 4.51. The van der Waals surface area contributed by atoms with E-state index in [9.17, 15) is 4.79 Å². The molecule has 3 rings (SSSR count). The van der Waals surface area contributed by atoms with Crippen LogP contribution in [-0.4, -0.2) is 84.8 Å². The minimum absolute atomic E-state index is 0.0306. The van der Waals surface area contributed by atoms with Gasteiger partial charge in [0.15, 0.2) is 11.5 Å². The SMILES string of the molecule is CC1CN(C(=O)c2cc(CN3CCOCC3)on2)CCN1C. The standard InChI is InChI=1S/C15H24N4O3/c1-12-10-19(4-3-17(12)2)15(20)14-9-13(22-16-14)11-18-5-7-21-8-6-18/h9,12H,3-8,10-11H2,1-2H3. The summed E-state index contributed by atoms with van der Waals surface area (Å²) in [5, 5.41) is 3.96. The molecule has 1 aromatic rings. The minimum atomic E-state index is -0.0306. The van der Waals surface area contributed by atoms with Gasteiger partial charge in [0.1, 0.15) is 0 Å². The van der Waals surface area contributed by atoms with Crippen molar-refractivity contribution in [2.24, 2.45) is 0 Å². The average Bonchev–Trinajstić information content (AvgIpc) is 2.99. The number of nitrogens with zero attached hydrogens (tertiary/aromatic N) is 4. The van der Waals surface area contributed by atoms with Crippen LogP contribution in [0.15, 0.2) is 10.6 Å². The number of aromatic nitrogens is 1. The first-order valence-corrected chi connectivity index (χ1v) is 7.88. The number of likely N-dealkylation sites (N-methyl/N-ethyl adjacent to an activating group) is 1. The summed E-state index contributed by atoms with van der Waals surface area (Å²) in [7, 11) is 2.09. The van der Waals surface area contributed by atoms with Gasteiger partial charge in [0.05, 0.1) is 19.8 Å². The van der Waals surface area contributed by atoms with Crippen LogP contribution in [0, 0.1) is 0 Å². The number of carbonyl (C=O) groups excluding carboxylic acids is 1. The summed E-state index contributed by atoms with van der Waals surface area (Å²) >= 11 is 0. The van der Waals surface area contributed by atoms with Crippen LogP contribution in [-0.2, 0) is 11.3 Å². The molecule has 22 heavy (non-hydrogen) atoms. The van der Waals surface area contributed by atoms with E-state index >= 15 is 0 Å². The molecule has 7 nitrogen and oxygen atoms in total. The third-order valence-corrected chi connectivity index (χ3v) is 4.51. The Morgan fingerprint density at radius 2 is 2.09 bits per heavy atom. The van der Waals surface area contributed by atoms with E-state index < -0.39 is 0 Å². The van der Waals surface area contributed by atoms with E-state index in [0.29, 0.717) is 18.3 Å². The monoisotopic (exact) mass is 308 g/mol. The Kier molecular flexibility index (Phi) is 4.75. The second kappa shape index (κ2) is 6.76. The van der Waals surface area contributed by atoms with Gasteiger partial charge in [-0.3, -0.25) is 9.69 Å². The molecule has 1 unspecified atom stereocenters. The van der Waals surface area contributed by atoms with Crippen molar-refractivity contribution in [3.63, 3.8) is 0 Å². The molecule has 2 aliphatic heterocycles. The highest BCUT2D eigenvalue weighted by atomic mass is 16.5. The van der Waals surface area contributed by atoms with Crippen molar-refractivity contribution >= 4 is 5.91 Å². The number of hydrogen-bond acceptors (Lipinski definition) is 6. The van der Waals surface area contributed by atoms with Crippen LogP contribution >= 0.6 is 0 Å². The molecular weight excluding hydrogens is 284 g/mol. The topological polar surface area (TPSA) is 62.1 Å². The summed E-state index contributed by atoms with van der Waals surface area (Å²) in [5.74, 6) is 0.712. The lowest BCUT2D eigenvalue weighted by Crippen LogP contribution is -2.52. The summed E-state index contributed by atoms with van der Waals surface area (Å²) in [4.78, 5) is 18.9. The second-order valence-electron chi connectivity index (χ2n) is 6.15. The van der Waals surface area contributed by atoms with Gasteiger partial charge in [0, 0.05) is 44.8 Å². The zero-order chi connectivity index (χ0) is 15.5. The van der Waals surface area contributed by atoms with E-state index in [1.165, 1.54) is 0 Å². The van der Waals surface area contributed by atoms with E-state index in [0.717, 1.165) is 51.7 Å². The molecule has 0 bridgehead atoms. The van der Waals surface area contributed by atoms with Gasteiger partial charge in [-0.1, -0.05) is 5.16 Å². The third kappa shape index (κ3) is 3.48. The van der Waals surface area contributed by atoms with Gasteiger partial charge in [-0.05, 0) is 14.0 Å². The molecule has 2 fully saturated rings. The predicted molar refractivity (Wildman–Crippen MR) is 80.6 cm³/mol. The molecule has 7 heteroatoms. The van der Waals surface area contributed by atoms with Crippen LogP contribution in [0.25, 0.3) is 0 Å². The molecule has 0 N–H and O–H groups in total. The summed E-state index contributed by atoms with van der Waals surface area (Å²) in [6.45, 7) is 8.46. The molecule has 0 saturated carbocycles. The highest BCUT2D eigenvalue weighted by molar-refractivity contribution is 5.92. The summed E-state index contributed by atoms with van der Waals surface area (Å²) < 4.78 is 10.7. The molecule has 2 aliphatic rings. The first-order chi connectivity index (χ1) is 10.6. The molecule has 1 amide bonds. The molecule has 0 spiro atoms. The van der Waals surface area contributed by atoms with Crippen molar-refractivity contribution in [3.8, 4) is 0 Å². The maximum atomic E-state index is 12.5. The Balaban J connectivity index is 1.59. The van der Waals surface area contributed by atoms with Crippen LogP contribution in [0.1, 0.15) is 23.2 Å². The van der Waals surface area contributed by atoms with E-state index in [1.54, 1.807) is 6.07 Å². The van der Waals surface area contributed by atoms with Crippen LogP contribution in [0.3, 0.4) is 0 Å². The summed E-state index contributed by atoms with van der Waals surface area (Å²) in [5.41, 5.74) is 0.417. The summed E-state index contributed by atoms with van der Waals surface area (Å²) in [6.07, 6.45) is 0. The van der Waals surface area contributed by atoms with Gasteiger partial charge in [0.2, 0.25) is 0 Å². The number of ether oxygens (including phenoxy) is 1. The van der Waals surface area contributed by atoms with Crippen molar-refractivity contribution in [2.45, 2.75) is 19.5 Å². The van der Waals surface area contributed by atoms with Crippen LogP contribution in [0.4, 0.5) is 0 Å². The van der Waals surface area contributed by atoms with Gasteiger partial charge in [0.25, 0.3) is 5.91 Å². The van der Waals surface area contributed by atoms with Crippen LogP contribution in [0.5, 0.6) is 0 Å². The highest BCUT2D eigenvalue weighted by Gasteiger charge is 2.27. The maximum Gasteiger partial charge on any atom is 0.276 e. The molecule has 122 valence electrons. The number of amides is 1. The number of morpholine rings is 1. The molecule has 3 heterocycles. The van der Waals surface area contributed by atoms with E-state index in [1.807, 2.05) is 4.90 Å². The van der Waals surface area contributed by atoms with Gasteiger partial charge in [-0.25, -0.2) is 0 Å². The van der Waals surface area contributed by atoms with Crippen LogP contribution < -0.4 is 0 Å². The molecule has 1 atom stereocenters. The maximum absolute atomic E-state index is 12.5. The molecule has 0 radical (unpaired) electrons. The fraction of sp³-hybridized carbons (Fsp3) is 0.733. The summed E-state index contributed by atoms with van der Waals surface area (Å²) in [6, 6.07) is 2.15. The van der Waals surface area contributed by atoms with Gasteiger partial charge in [-0.15, -0.1) is 0 Å². The van der Waals surface area contributed by atoms with E-state index in [-0.39, 0.29) is 5.91 Å². The fourth-order valence-electron chi connectivity index (χ4n) is 2.86. The van der Waals surface area contributed by atoms with Crippen molar-refractivity contribution in [1.29, 1.82) is 0 Å². The predicted octanol–water partition coefficient (Wildman–Crippen LogP) is 0.283. The first-order valence-electron chi connectivity index (χ1n) is 7.88. The van der Waals surface area contributed by atoms with Crippen molar-refractivity contribution in [3.05, 3.63) is 17.5 Å². The molecular formula is C15H24N4O3. The smallest absolute Gasteiger partial charge is 0.276 e. The zero-order valence-electron chi connectivity index (χ0n) is 13.3. The van der Waals surface area contributed by atoms with Gasteiger partial charge < -0.3 is 19.1 Å². The van der Waals surface area contributed by atoms with Gasteiger partial charge in [-0.2, -0.15) is 0 Å². The Hall–Kier alpha value is -1.44. The largest absolute Gasteiger partial charge is 0.379 e. The number of rotatable bonds is 3.